The van der Waals surface area contributed by atoms with Gasteiger partial charge in [0, 0.05) is 0 Å². The summed E-state index contributed by atoms with van der Waals surface area (Å²) in [6.45, 7) is 0. The van der Waals surface area contributed by atoms with Gasteiger partial charge in [-0.3, -0.25) is 0 Å². The Morgan fingerprint density at radius 2 is 1.74 bits per heavy atom. The van der Waals surface area contributed by atoms with Crippen LogP contribution in [0.15, 0.2) is 16.6 Å². The van der Waals surface area contributed by atoms with Crippen LogP contribution in [0, 0.1) is 0 Å². The van der Waals surface area contributed by atoms with Crippen molar-refractivity contribution in [2.24, 2.45) is 0 Å². The van der Waals surface area contributed by atoms with E-state index in [4.69, 9.17) is 0 Å². The summed E-state index contributed by atoms with van der Waals surface area (Å²) in [5.74, 6) is -1.97. The van der Waals surface area contributed by atoms with Crippen molar-refractivity contribution in [1.29, 1.82) is 0 Å². The summed E-state index contributed by atoms with van der Waals surface area (Å²) in [5, 5.41) is 0. The average molecular weight is 349 g/mol. The standard InChI is InChI=1S/C9H3BrF6N2O/c10-5-4(19-9(14,15)16)2-1-3-6(5)18-7(17-3)8(11,12)13/h1-2H,(H,17,18). The summed E-state index contributed by atoms with van der Waals surface area (Å²) in [6.07, 6.45) is -9.66. The van der Waals surface area contributed by atoms with Gasteiger partial charge in [0.15, 0.2) is 0 Å². The molecule has 1 N–H and O–H groups in total. The first-order chi connectivity index (χ1) is 8.58. The van der Waals surface area contributed by atoms with Crippen molar-refractivity contribution in [3.8, 4) is 5.75 Å². The largest absolute Gasteiger partial charge is 0.573 e. The molecule has 0 amide bonds. The Hall–Kier alpha value is -1.45. The van der Waals surface area contributed by atoms with E-state index in [-0.39, 0.29) is 15.5 Å². The van der Waals surface area contributed by atoms with Crippen LogP contribution in [0.1, 0.15) is 5.82 Å². The summed E-state index contributed by atoms with van der Waals surface area (Å²) >= 11 is 2.74. The maximum absolute atomic E-state index is 12.4. The molecule has 1 aromatic heterocycles. The normalized spacial score (nSPS) is 13.0. The zero-order chi connectivity index (χ0) is 14.4. The lowest BCUT2D eigenvalue weighted by molar-refractivity contribution is -0.274. The van der Waals surface area contributed by atoms with Crippen LogP contribution in [0.2, 0.25) is 0 Å². The Morgan fingerprint density at radius 3 is 2.26 bits per heavy atom. The maximum Gasteiger partial charge on any atom is 0.573 e. The van der Waals surface area contributed by atoms with Gasteiger partial charge in [-0.05, 0) is 28.1 Å². The van der Waals surface area contributed by atoms with Crippen molar-refractivity contribution in [3.05, 3.63) is 22.4 Å². The van der Waals surface area contributed by atoms with E-state index in [2.05, 4.69) is 25.7 Å². The minimum absolute atomic E-state index is 0.0614. The zero-order valence-electron chi connectivity index (χ0n) is 8.66. The molecule has 1 aromatic carbocycles. The van der Waals surface area contributed by atoms with Gasteiger partial charge in [0.1, 0.15) is 11.3 Å². The number of nitrogens with zero attached hydrogens (tertiary/aromatic N) is 1. The molecule has 0 saturated heterocycles. The van der Waals surface area contributed by atoms with Gasteiger partial charge in [-0.25, -0.2) is 4.98 Å². The molecular weight excluding hydrogens is 346 g/mol. The predicted octanol–water partition coefficient (Wildman–Crippen LogP) is 4.24. The first kappa shape index (κ1) is 14.0. The zero-order valence-corrected chi connectivity index (χ0v) is 10.2. The van der Waals surface area contributed by atoms with E-state index in [0.717, 1.165) is 12.1 Å². The van der Waals surface area contributed by atoms with Gasteiger partial charge in [-0.2, -0.15) is 13.2 Å². The van der Waals surface area contributed by atoms with Crippen LogP contribution in [-0.4, -0.2) is 16.3 Å². The monoisotopic (exact) mass is 348 g/mol. The number of ether oxygens (including phenoxy) is 1. The quantitative estimate of drug-likeness (QED) is 0.782. The van der Waals surface area contributed by atoms with E-state index >= 15 is 0 Å². The first-order valence-electron chi connectivity index (χ1n) is 4.59. The number of hydrogen-bond donors (Lipinski definition) is 1. The Balaban J connectivity index is 2.53. The Morgan fingerprint density at radius 1 is 1.11 bits per heavy atom. The van der Waals surface area contributed by atoms with E-state index < -0.39 is 24.1 Å². The molecule has 0 atom stereocenters. The van der Waals surface area contributed by atoms with Crippen molar-refractivity contribution in [1.82, 2.24) is 9.97 Å². The molecule has 2 aromatic rings. The van der Waals surface area contributed by atoms with Crippen LogP contribution in [0.25, 0.3) is 11.0 Å². The van der Waals surface area contributed by atoms with E-state index in [9.17, 15) is 26.3 Å². The molecule has 0 aliphatic rings. The number of alkyl halides is 6. The molecule has 0 radical (unpaired) electrons. The fraction of sp³-hybridized carbons (Fsp3) is 0.222. The van der Waals surface area contributed by atoms with Crippen LogP contribution in [0.3, 0.4) is 0 Å². The number of H-pyrrole nitrogens is 1. The molecule has 0 saturated carbocycles. The van der Waals surface area contributed by atoms with Gasteiger partial charge in [-0.1, -0.05) is 0 Å². The second-order valence-corrected chi connectivity index (χ2v) is 4.20. The Kier molecular flexibility index (Phi) is 3.15. The summed E-state index contributed by atoms with van der Waals surface area (Å²) in [7, 11) is 0. The molecule has 0 bridgehead atoms. The topological polar surface area (TPSA) is 37.9 Å². The third-order valence-electron chi connectivity index (χ3n) is 2.05. The minimum atomic E-state index is -4.95. The molecule has 0 unspecified atom stereocenters. The highest BCUT2D eigenvalue weighted by Gasteiger charge is 2.36. The number of aromatic amines is 1. The number of hydrogen-bond acceptors (Lipinski definition) is 2. The number of nitrogens with one attached hydrogen (secondary N) is 1. The van der Waals surface area contributed by atoms with Crippen molar-refractivity contribution in [2.75, 3.05) is 0 Å². The number of halogens is 7. The van der Waals surface area contributed by atoms with E-state index in [0.29, 0.717) is 0 Å². The number of fused-ring (bicyclic) bond motifs is 1. The molecule has 104 valence electrons. The molecule has 0 aliphatic carbocycles. The van der Waals surface area contributed by atoms with Crippen molar-refractivity contribution in [2.45, 2.75) is 12.5 Å². The fourth-order valence-electron chi connectivity index (χ4n) is 1.36. The molecular formula is C9H3BrF6N2O. The number of imidazole rings is 1. The minimum Gasteiger partial charge on any atom is -0.404 e. The van der Waals surface area contributed by atoms with Gasteiger partial charge >= 0.3 is 12.5 Å². The van der Waals surface area contributed by atoms with Gasteiger partial charge < -0.3 is 9.72 Å². The molecule has 19 heavy (non-hydrogen) atoms. The molecule has 2 rings (SSSR count). The number of aromatic nitrogens is 2. The van der Waals surface area contributed by atoms with Gasteiger partial charge in [0.2, 0.25) is 5.82 Å². The second kappa shape index (κ2) is 4.29. The first-order valence-corrected chi connectivity index (χ1v) is 5.38. The molecule has 3 nitrogen and oxygen atoms in total. The lowest BCUT2D eigenvalue weighted by atomic mass is 10.3. The average Bonchev–Trinajstić information content (AvgIpc) is 2.64. The molecule has 0 fully saturated rings. The van der Waals surface area contributed by atoms with Crippen LogP contribution in [0.4, 0.5) is 26.3 Å². The Labute approximate surface area is 109 Å². The molecule has 1 heterocycles. The molecule has 0 spiro atoms. The summed E-state index contributed by atoms with van der Waals surface area (Å²) < 4.78 is 76.8. The van der Waals surface area contributed by atoms with E-state index in [1.165, 1.54) is 0 Å². The number of benzene rings is 1. The SMILES string of the molecule is FC(F)(F)Oc1ccc2[nH]c(C(F)(F)F)nc2c1Br. The summed E-state index contributed by atoms with van der Waals surface area (Å²) in [5.41, 5.74) is -0.359. The smallest absolute Gasteiger partial charge is 0.404 e. The van der Waals surface area contributed by atoms with Gasteiger partial charge in [0.05, 0.1) is 9.99 Å². The van der Waals surface area contributed by atoms with Gasteiger partial charge in [-0.15, -0.1) is 13.2 Å². The van der Waals surface area contributed by atoms with Gasteiger partial charge in [0.25, 0.3) is 0 Å². The summed E-state index contributed by atoms with van der Waals surface area (Å²) in [6, 6.07) is 1.90. The highest BCUT2D eigenvalue weighted by Crippen LogP contribution is 2.37. The van der Waals surface area contributed by atoms with Crippen molar-refractivity contribution < 1.29 is 31.1 Å². The van der Waals surface area contributed by atoms with Crippen LogP contribution < -0.4 is 4.74 Å². The lowest BCUT2D eigenvalue weighted by Gasteiger charge is -2.10. The third-order valence-corrected chi connectivity index (χ3v) is 2.82. The highest BCUT2D eigenvalue weighted by atomic mass is 79.9. The second-order valence-electron chi connectivity index (χ2n) is 3.40. The highest BCUT2D eigenvalue weighted by molar-refractivity contribution is 9.10. The van der Waals surface area contributed by atoms with Crippen LogP contribution in [0.5, 0.6) is 5.75 Å². The third kappa shape index (κ3) is 2.94. The number of rotatable bonds is 1. The maximum atomic E-state index is 12.4. The Bertz CT molecular complexity index is 617. The predicted molar refractivity (Wildman–Crippen MR) is 55.5 cm³/mol. The van der Waals surface area contributed by atoms with Crippen LogP contribution >= 0.6 is 15.9 Å². The summed E-state index contributed by atoms with van der Waals surface area (Å²) in [4.78, 5) is 5.16. The van der Waals surface area contributed by atoms with Crippen molar-refractivity contribution >= 4 is 27.0 Å². The lowest BCUT2D eigenvalue weighted by Crippen LogP contribution is -2.17. The fourth-order valence-corrected chi connectivity index (χ4v) is 1.88. The van der Waals surface area contributed by atoms with E-state index in [1.807, 2.05) is 4.98 Å². The van der Waals surface area contributed by atoms with Crippen molar-refractivity contribution in [3.63, 3.8) is 0 Å². The molecule has 0 aliphatic heterocycles. The molecule has 10 heteroatoms. The van der Waals surface area contributed by atoms with Crippen LogP contribution in [-0.2, 0) is 6.18 Å². The van der Waals surface area contributed by atoms with E-state index in [1.54, 1.807) is 0 Å².